The van der Waals surface area contributed by atoms with Gasteiger partial charge in [-0.1, -0.05) is 0 Å². The maximum absolute atomic E-state index is 11.9. The molecule has 112 valence electrons. The van der Waals surface area contributed by atoms with E-state index in [9.17, 15) is 13.2 Å². The Morgan fingerprint density at radius 3 is 2.60 bits per heavy atom. The molecule has 2 N–H and O–H groups in total. The van der Waals surface area contributed by atoms with Crippen molar-refractivity contribution in [2.75, 3.05) is 27.4 Å². The minimum Gasteiger partial charge on any atom is -0.478 e. The average molecular weight is 304 g/mol. The number of hydrogen-bond acceptors (Lipinski definition) is 6. The monoisotopic (exact) mass is 304 g/mol. The van der Waals surface area contributed by atoms with Crippen LogP contribution in [0, 0.1) is 0 Å². The molecule has 0 radical (unpaired) electrons. The summed E-state index contributed by atoms with van der Waals surface area (Å²) in [5.74, 6) is -1.17. The Labute approximate surface area is 116 Å². The minimum absolute atomic E-state index is 0.0229. The number of ether oxygens (including phenoxy) is 2. The summed E-state index contributed by atoms with van der Waals surface area (Å²) in [6.45, 7) is 0.263. The van der Waals surface area contributed by atoms with Gasteiger partial charge in [0.25, 0.3) is 10.0 Å². The van der Waals surface area contributed by atoms with Crippen LogP contribution in [0.1, 0.15) is 10.4 Å². The molecule has 0 fully saturated rings. The topological polar surface area (TPSA) is 115 Å². The molecule has 1 atom stereocenters. The normalized spacial score (nSPS) is 13.1. The van der Waals surface area contributed by atoms with Crippen molar-refractivity contribution in [2.24, 2.45) is 0 Å². The average Bonchev–Trinajstić information content (AvgIpc) is 2.43. The van der Waals surface area contributed by atoms with E-state index in [-0.39, 0.29) is 23.7 Å². The zero-order valence-electron chi connectivity index (χ0n) is 11.1. The van der Waals surface area contributed by atoms with E-state index < -0.39 is 22.1 Å². The Hall–Kier alpha value is -1.55. The number of carbonyl (C=O) groups is 1. The summed E-state index contributed by atoms with van der Waals surface area (Å²) in [6.07, 6.45) is 0.563. The second-order valence-corrected chi connectivity index (χ2v) is 5.57. The van der Waals surface area contributed by atoms with E-state index in [4.69, 9.17) is 14.6 Å². The maximum atomic E-state index is 11.9. The number of rotatable bonds is 8. The fraction of sp³-hybridized carbons (Fsp3) is 0.455. The number of nitrogens with one attached hydrogen (secondary N) is 1. The van der Waals surface area contributed by atoms with Crippen molar-refractivity contribution in [3.8, 4) is 0 Å². The molecule has 0 aliphatic rings. The van der Waals surface area contributed by atoms with Crippen LogP contribution < -0.4 is 4.72 Å². The molecule has 0 aliphatic heterocycles. The van der Waals surface area contributed by atoms with Crippen molar-refractivity contribution < 1.29 is 27.8 Å². The first kappa shape index (κ1) is 16.5. The number of pyridine rings is 1. The number of nitrogens with zero attached hydrogens (tertiary/aromatic N) is 1. The molecule has 0 amide bonds. The fourth-order valence-electron chi connectivity index (χ4n) is 1.34. The van der Waals surface area contributed by atoms with Crippen molar-refractivity contribution >= 4 is 16.0 Å². The molecule has 0 bridgehead atoms. The standard InChI is InChI=1S/C11H16N2O6S/c1-18-7-9(19-2)6-13-20(16,17)10-4-3-8(5-12-10)11(14)15/h3-5,9,13H,6-7H2,1-2H3,(H,14,15). The van der Waals surface area contributed by atoms with Crippen molar-refractivity contribution in [2.45, 2.75) is 11.1 Å². The summed E-state index contributed by atoms with van der Waals surface area (Å²) >= 11 is 0. The van der Waals surface area contributed by atoms with Crippen LogP contribution in [0.3, 0.4) is 0 Å². The van der Waals surface area contributed by atoms with Crippen LogP contribution in [-0.2, 0) is 19.5 Å². The minimum atomic E-state index is -3.82. The lowest BCUT2D eigenvalue weighted by Crippen LogP contribution is -2.35. The highest BCUT2D eigenvalue weighted by Gasteiger charge is 2.18. The summed E-state index contributed by atoms with van der Waals surface area (Å²) in [5.41, 5.74) is -0.0851. The Bertz CT molecular complexity index is 543. The first-order chi connectivity index (χ1) is 9.40. The Balaban J connectivity index is 2.75. The third-order valence-corrected chi connectivity index (χ3v) is 3.78. The molecule has 20 heavy (non-hydrogen) atoms. The van der Waals surface area contributed by atoms with E-state index in [0.717, 1.165) is 12.3 Å². The second-order valence-electron chi connectivity index (χ2n) is 3.86. The van der Waals surface area contributed by atoms with Gasteiger partial charge >= 0.3 is 5.97 Å². The molecular formula is C11H16N2O6S. The van der Waals surface area contributed by atoms with Crippen LogP contribution in [0.4, 0.5) is 0 Å². The first-order valence-corrected chi connectivity index (χ1v) is 7.09. The van der Waals surface area contributed by atoms with Crippen molar-refractivity contribution in [1.82, 2.24) is 9.71 Å². The van der Waals surface area contributed by atoms with Gasteiger partial charge in [-0.2, -0.15) is 0 Å². The Morgan fingerprint density at radius 1 is 1.45 bits per heavy atom. The summed E-state index contributed by atoms with van der Waals surface area (Å²) in [5, 5.41) is 8.46. The fourth-order valence-corrected chi connectivity index (χ4v) is 2.33. The highest BCUT2D eigenvalue weighted by molar-refractivity contribution is 7.89. The molecule has 1 aromatic heterocycles. The summed E-state index contributed by atoms with van der Waals surface area (Å²) < 4.78 is 36.0. The predicted molar refractivity (Wildman–Crippen MR) is 69.1 cm³/mol. The molecular weight excluding hydrogens is 288 g/mol. The predicted octanol–water partition coefficient (Wildman–Crippen LogP) is -0.280. The number of methoxy groups -OCH3 is 2. The Morgan fingerprint density at radius 2 is 2.15 bits per heavy atom. The lowest BCUT2D eigenvalue weighted by molar-refractivity contribution is 0.0320. The lowest BCUT2D eigenvalue weighted by Gasteiger charge is -2.14. The van der Waals surface area contributed by atoms with Crippen LogP contribution >= 0.6 is 0 Å². The van der Waals surface area contributed by atoms with E-state index in [1.54, 1.807) is 0 Å². The third-order valence-electron chi connectivity index (χ3n) is 2.45. The van der Waals surface area contributed by atoms with Crippen molar-refractivity contribution in [1.29, 1.82) is 0 Å². The highest BCUT2D eigenvalue weighted by Crippen LogP contribution is 2.07. The van der Waals surface area contributed by atoms with E-state index in [1.165, 1.54) is 20.3 Å². The van der Waals surface area contributed by atoms with Gasteiger partial charge in [0.15, 0.2) is 5.03 Å². The SMILES string of the molecule is COCC(CNS(=O)(=O)c1ccc(C(=O)O)cn1)OC. The molecule has 1 aromatic rings. The van der Waals surface area contributed by atoms with Gasteiger partial charge in [-0.05, 0) is 12.1 Å². The van der Waals surface area contributed by atoms with Gasteiger partial charge in [0, 0.05) is 27.0 Å². The van der Waals surface area contributed by atoms with E-state index in [0.29, 0.717) is 0 Å². The molecule has 1 rings (SSSR count). The van der Waals surface area contributed by atoms with Gasteiger partial charge in [-0.3, -0.25) is 0 Å². The van der Waals surface area contributed by atoms with Crippen LogP contribution in [0.15, 0.2) is 23.4 Å². The number of carboxylic acids is 1. The van der Waals surface area contributed by atoms with E-state index in [1.807, 2.05) is 0 Å². The van der Waals surface area contributed by atoms with Crippen molar-refractivity contribution in [3.05, 3.63) is 23.9 Å². The molecule has 0 aromatic carbocycles. The van der Waals surface area contributed by atoms with Crippen LogP contribution in [0.5, 0.6) is 0 Å². The van der Waals surface area contributed by atoms with Crippen molar-refractivity contribution in [3.63, 3.8) is 0 Å². The van der Waals surface area contributed by atoms with Gasteiger partial charge in [0.05, 0.1) is 18.3 Å². The number of carboxylic acid groups (broad SMARTS) is 1. The second kappa shape index (κ2) is 7.29. The van der Waals surface area contributed by atoms with Gasteiger partial charge in [0.1, 0.15) is 0 Å². The summed E-state index contributed by atoms with van der Waals surface area (Å²) in [4.78, 5) is 14.3. The first-order valence-electron chi connectivity index (χ1n) is 5.61. The largest absolute Gasteiger partial charge is 0.478 e. The lowest BCUT2D eigenvalue weighted by atomic mass is 10.3. The molecule has 0 saturated heterocycles. The van der Waals surface area contributed by atoms with Gasteiger partial charge < -0.3 is 14.6 Å². The van der Waals surface area contributed by atoms with E-state index in [2.05, 4.69) is 9.71 Å². The molecule has 0 aliphatic carbocycles. The number of hydrogen-bond donors (Lipinski definition) is 2. The molecule has 0 spiro atoms. The molecule has 1 heterocycles. The van der Waals surface area contributed by atoms with Crippen LogP contribution in [0.2, 0.25) is 0 Å². The maximum Gasteiger partial charge on any atom is 0.337 e. The Kier molecular flexibility index (Phi) is 6.02. The van der Waals surface area contributed by atoms with Crippen LogP contribution in [0.25, 0.3) is 0 Å². The van der Waals surface area contributed by atoms with Crippen LogP contribution in [-0.4, -0.2) is 58.0 Å². The molecule has 0 saturated carbocycles. The van der Waals surface area contributed by atoms with Gasteiger partial charge in [-0.15, -0.1) is 0 Å². The molecule has 8 nitrogen and oxygen atoms in total. The third kappa shape index (κ3) is 4.53. The smallest absolute Gasteiger partial charge is 0.337 e. The summed E-state index contributed by atoms with van der Waals surface area (Å²) in [6, 6.07) is 2.30. The molecule has 9 heteroatoms. The summed E-state index contributed by atoms with van der Waals surface area (Å²) in [7, 11) is -0.895. The zero-order chi connectivity index (χ0) is 15.2. The van der Waals surface area contributed by atoms with Gasteiger partial charge in [-0.25, -0.2) is 22.9 Å². The number of sulfonamides is 1. The number of aromatic nitrogens is 1. The van der Waals surface area contributed by atoms with E-state index >= 15 is 0 Å². The van der Waals surface area contributed by atoms with Gasteiger partial charge in [0.2, 0.25) is 0 Å². The quantitative estimate of drug-likeness (QED) is 0.678. The zero-order valence-corrected chi connectivity index (χ0v) is 11.9. The highest BCUT2D eigenvalue weighted by atomic mass is 32.2. The number of aromatic carboxylic acids is 1. The molecule has 1 unspecified atom stereocenters.